The smallest absolute Gasteiger partial charge is 0.198 e. The lowest BCUT2D eigenvalue weighted by atomic mass is 10.0. The molecule has 3 aromatic carbocycles. The fourth-order valence-electron chi connectivity index (χ4n) is 3.53. The van der Waals surface area contributed by atoms with Crippen LogP contribution in [0.3, 0.4) is 0 Å². The van der Waals surface area contributed by atoms with Crippen LogP contribution in [0.4, 0.5) is 17.1 Å². The standard InChI is InChI=1S/C26H32N4O2/c1-5-6-7-18-8-10-21(11-9-18)29-26(28)30-25-17(2)12-19(15-24(25)27)20-13-22(31-3)16-23(14-20)32-4/h8-16H,5-7,27H2,1-4H3,(H3,28,29,30). The van der Waals surface area contributed by atoms with Crippen molar-refractivity contribution in [1.29, 1.82) is 0 Å². The summed E-state index contributed by atoms with van der Waals surface area (Å²) in [7, 11) is 3.26. The number of nitrogens with one attached hydrogen (secondary N) is 1. The third-order valence-electron chi connectivity index (χ3n) is 5.29. The Balaban J connectivity index is 1.82. The second kappa shape index (κ2) is 10.6. The van der Waals surface area contributed by atoms with E-state index in [1.807, 2.05) is 49.4 Å². The van der Waals surface area contributed by atoms with E-state index in [1.165, 1.54) is 18.4 Å². The van der Waals surface area contributed by atoms with E-state index in [0.29, 0.717) is 22.9 Å². The number of hydrogen-bond donors (Lipinski definition) is 3. The normalized spacial score (nSPS) is 11.3. The molecule has 0 saturated heterocycles. The molecule has 0 spiro atoms. The van der Waals surface area contributed by atoms with Crippen LogP contribution in [0.1, 0.15) is 30.9 Å². The van der Waals surface area contributed by atoms with Crippen LogP contribution in [0.5, 0.6) is 11.5 Å². The lowest BCUT2D eigenvalue weighted by molar-refractivity contribution is 0.394. The van der Waals surface area contributed by atoms with Gasteiger partial charge >= 0.3 is 0 Å². The highest BCUT2D eigenvalue weighted by Crippen LogP contribution is 2.35. The van der Waals surface area contributed by atoms with Crippen LogP contribution in [-0.4, -0.2) is 20.2 Å². The maximum Gasteiger partial charge on any atom is 0.198 e. The molecule has 32 heavy (non-hydrogen) atoms. The van der Waals surface area contributed by atoms with Crippen LogP contribution in [-0.2, 0) is 6.42 Å². The number of aryl methyl sites for hydroxylation is 2. The third-order valence-corrected chi connectivity index (χ3v) is 5.29. The average molecular weight is 433 g/mol. The Morgan fingerprint density at radius 3 is 2.12 bits per heavy atom. The molecule has 0 atom stereocenters. The molecule has 0 heterocycles. The van der Waals surface area contributed by atoms with E-state index in [0.717, 1.165) is 28.8 Å². The van der Waals surface area contributed by atoms with Gasteiger partial charge in [-0.1, -0.05) is 25.5 Å². The highest BCUT2D eigenvalue weighted by Gasteiger charge is 2.10. The molecule has 6 nitrogen and oxygen atoms in total. The summed E-state index contributed by atoms with van der Waals surface area (Å²) in [6.45, 7) is 4.16. The lowest BCUT2D eigenvalue weighted by Crippen LogP contribution is -2.22. The summed E-state index contributed by atoms with van der Waals surface area (Å²) >= 11 is 0. The summed E-state index contributed by atoms with van der Waals surface area (Å²) in [5, 5.41) is 3.14. The molecule has 3 aromatic rings. The predicted molar refractivity (Wildman–Crippen MR) is 134 cm³/mol. The molecule has 3 rings (SSSR count). The Hall–Kier alpha value is -3.67. The quantitative estimate of drug-likeness (QED) is 0.242. The first-order valence-electron chi connectivity index (χ1n) is 10.8. The summed E-state index contributed by atoms with van der Waals surface area (Å²) in [5.74, 6) is 1.72. The largest absolute Gasteiger partial charge is 0.497 e. The SMILES string of the molecule is CCCCc1ccc(NC(N)=Nc2c(C)cc(-c3cc(OC)cc(OC)c3)cc2N)cc1. The van der Waals surface area contributed by atoms with Crippen LogP contribution in [0, 0.1) is 6.92 Å². The molecule has 0 aliphatic carbocycles. The van der Waals surface area contributed by atoms with Gasteiger partial charge in [0.15, 0.2) is 5.96 Å². The number of rotatable bonds is 8. The van der Waals surface area contributed by atoms with E-state index in [9.17, 15) is 0 Å². The molecule has 0 aliphatic heterocycles. The number of nitrogens with two attached hydrogens (primary N) is 2. The predicted octanol–water partition coefficient (Wildman–Crippen LogP) is 5.66. The van der Waals surface area contributed by atoms with E-state index in [4.69, 9.17) is 20.9 Å². The second-order valence-electron chi connectivity index (χ2n) is 7.75. The Morgan fingerprint density at radius 2 is 1.56 bits per heavy atom. The van der Waals surface area contributed by atoms with Gasteiger partial charge in [0.2, 0.25) is 0 Å². The van der Waals surface area contributed by atoms with Gasteiger partial charge in [-0.3, -0.25) is 0 Å². The molecule has 0 fully saturated rings. The number of ether oxygens (including phenoxy) is 2. The molecular formula is C26H32N4O2. The van der Waals surface area contributed by atoms with Crippen molar-refractivity contribution >= 4 is 23.0 Å². The van der Waals surface area contributed by atoms with E-state index < -0.39 is 0 Å². The number of benzene rings is 3. The zero-order valence-corrected chi connectivity index (χ0v) is 19.2. The van der Waals surface area contributed by atoms with Crippen LogP contribution < -0.4 is 26.3 Å². The zero-order valence-electron chi connectivity index (χ0n) is 19.2. The first-order valence-corrected chi connectivity index (χ1v) is 10.8. The van der Waals surface area contributed by atoms with Crippen molar-refractivity contribution in [1.82, 2.24) is 0 Å². The topological polar surface area (TPSA) is 94.9 Å². The minimum absolute atomic E-state index is 0.289. The number of nitrogen functional groups attached to an aromatic ring is 1. The van der Waals surface area contributed by atoms with Gasteiger partial charge in [-0.05, 0) is 78.4 Å². The molecular weight excluding hydrogens is 400 g/mol. The molecule has 0 amide bonds. The fraction of sp³-hybridized carbons (Fsp3) is 0.269. The van der Waals surface area contributed by atoms with Gasteiger partial charge in [-0.25, -0.2) is 4.99 Å². The number of anilines is 2. The molecule has 0 aromatic heterocycles. The second-order valence-corrected chi connectivity index (χ2v) is 7.75. The number of guanidine groups is 1. The molecule has 0 saturated carbocycles. The maximum absolute atomic E-state index is 6.36. The van der Waals surface area contributed by atoms with E-state index in [2.05, 4.69) is 29.4 Å². The van der Waals surface area contributed by atoms with Crippen molar-refractivity contribution in [3.8, 4) is 22.6 Å². The summed E-state index contributed by atoms with van der Waals surface area (Å²) in [4.78, 5) is 4.54. The van der Waals surface area contributed by atoms with Crippen LogP contribution in [0.15, 0.2) is 59.6 Å². The molecule has 0 unspecified atom stereocenters. The molecule has 168 valence electrons. The Bertz CT molecular complexity index is 1050. The average Bonchev–Trinajstić information content (AvgIpc) is 2.80. The van der Waals surface area contributed by atoms with Crippen molar-refractivity contribution in [3.05, 3.63) is 65.7 Å². The summed E-state index contributed by atoms with van der Waals surface area (Å²) in [6, 6.07) is 17.9. The number of nitrogens with zero attached hydrogens (tertiary/aromatic N) is 1. The van der Waals surface area contributed by atoms with E-state index >= 15 is 0 Å². The fourth-order valence-corrected chi connectivity index (χ4v) is 3.53. The van der Waals surface area contributed by atoms with Crippen molar-refractivity contribution < 1.29 is 9.47 Å². The van der Waals surface area contributed by atoms with Gasteiger partial charge in [-0.2, -0.15) is 0 Å². The van der Waals surface area contributed by atoms with E-state index in [1.54, 1.807) is 14.2 Å². The third kappa shape index (κ3) is 5.72. The van der Waals surface area contributed by atoms with Gasteiger partial charge < -0.3 is 26.3 Å². The number of methoxy groups -OCH3 is 2. The highest BCUT2D eigenvalue weighted by molar-refractivity contribution is 5.95. The summed E-state index contributed by atoms with van der Waals surface area (Å²) in [5.41, 5.74) is 18.7. The number of unbranched alkanes of at least 4 members (excludes halogenated alkanes) is 1. The van der Waals surface area contributed by atoms with Crippen molar-refractivity contribution in [2.75, 3.05) is 25.3 Å². The van der Waals surface area contributed by atoms with E-state index in [-0.39, 0.29) is 5.96 Å². The van der Waals surface area contributed by atoms with Gasteiger partial charge in [0, 0.05) is 11.8 Å². The number of aliphatic imine (C=N–C) groups is 1. The van der Waals surface area contributed by atoms with Crippen LogP contribution in [0.2, 0.25) is 0 Å². The van der Waals surface area contributed by atoms with Gasteiger partial charge in [0.1, 0.15) is 11.5 Å². The summed E-state index contributed by atoms with van der Waals surface area (Å²) in [6.07, 6.45) is 3.46. The number of hydrogen-bond acceptors (Lipinski definition) is 4. The van der Waals surface area contributed by atoms with Crippen molar-refractivity contribution in [2.45, 2.75) is 33.1 Å². The highest BCUT2D eigenvalue weighted by atomic mass is 16.5. The Morgan fingerprint density at radius 1 is 0.938 bits per heavy atom. The van der Waals surface area contributed by atoms with Gasteiger partial charge in [-0.15, -0.1) is 0 Å². The monoisotopic (exact) mass is 432 g/mol. The molecule has 6 heteroatoms. The van der Waals surface area contributed by atoms with Crippen LogP contribution in [0.25, 0.3) is 11.1 Å². The van der Waals surface area contributed by atoms with Crippen molar-refractivity contribution in [3.63, 3.8) is 0 Å². The van der Waals surface area contributed by atoms with Crippen LogP contribution >= 0.6 is 0 Å². The summed E-state index contributed by atoms with van der Waals surface area (Å²) < 4.78 is 10.8. The minimum atomic E-state index is 0.289. The molecule has 0 radical (unpaired) electrons. The zero-order chi connectivity index (χ0) is 23.1. The molecule has 5 N–H and O–H groups in total. The maximum atomic E-state index is 6.36. The van der Waals surface area contributed by atoms with Gasteiger partial charge in [0.25, 0.3) is 0 Å². The minimum Gasteiger partial charge on any atom is -0.497 e. The van der Waals surface area contributed by atoms with Gasteiger partial charge in [0.05, 0.1) is 25.6 Å². The Kier molecular flexibility index (Phi) is 7.60. The first kappa shape index (κ1) is 23.0. The molecule has 0 aliphatic rings. The first-order chi connectivity index (χ1) is 15.4. The molecule has 0 bridgehead atoms. The lowest BCUT2D eigenvalue weighted by Gasteiger charge is -2.13. The Labute approximate surface area is 190 Å². The van der Waals surface area contributed by atoms with Crippen molar-refractivity contribution in [2.24, 2.45) is 10.7 Å².